The van der Waals surface area contributed by atoms with Crippen LogP contribution in [0.5, 0.6) is 40.2 Å². The standard InChI is InChI=1S/C29H26O9/c1-32-20-8-6-7-15(28(20)36-5)11-24-27(31)16-9-10-19-26(29(16)38-24)18(13-25(30)37-19)17-12-22(34-3)23(35-4)14-21(17)33-2/h6-12,14,18H,13H2,1-5H3/b24-11-. The number of ketones is 1. The minimum atomic E-state index is -0.533. The van der Waals surface area contributed by atoms with Crippen LogP contribution in [-0.4, -0.2) is 47.3 Å². The van der Waals surface area contributed by atoms with Crippen LogP contribution in [0.3, 0.4) is 0 Å². The van der Waals surface area contributed by atoms with Crippen LogP contribution in [0.4, 0.5) is 0 Å². The molecule has 2 aliphatic rings. The van der Waals surface area contributed by atoms with E-state index in [0.29, 0.717) is 62.5 Å². The summed E-state index contributed by atoms with van der Waals surface area (Å²) in [5, 5.41) is 0. The van der Waals surface area contributed by atoms with E-state index in [1.54, 1.807) is 48.5 Å². The average Bonchev–Trinajstić information content (AvgIpc) is 3.26. The highest BCUT2D eigenvalue weighted by Crippen LogP contribution is 2.52. The van der Waals surface area contributed by atoms with Gasteiger partial charge in [0.2, 0.25) is 5.78 Å². The van der Waals surface area contributed by atoms with Crippen molar-refractivity contribution in [1.82, 2.24) is 0 Å². The summed E-state index contributed by atoms with van der Waals surface area (Å²) in [6.07, 6.45) is 1.62. The number of methoxy groups -OCH3 is 5. The van der Waals surface area contributed by atoms with Gasteiger partial charge in [-0.3, -0.25) is 9.59 Å². The van der Waals surface area contributed by atoms with E-state index >= 15 is 0 Å². The van der Waals surface area contributed by atoms with Crippen molar-refractivity contribution in [2.75, 3.05) is 35.5 Å². The summed E-state index contributed by atoms with van der Waals surface area (Å²) in [5.41, 5.74) is 2.21. The molecule has 3 aromatic rings. The first-order valence-corrected chi connectivity index (χ1v) is 11.8. The zero-order valence-corrected chi connectivity index (χ0v) is 21.6. The largest absolute Gasteiger partial charge is 0.496 e. The molecule has 1 atom stereocenters. The number of benzene rings is 3. The van der Waals surface area contributed by atoms with E-state index in [1.807, 2.05) is 0 Å². The Balaban J connectivity index is 1.65. The van der Waals surface area contributed by atoms with Gasteiger partial charge in [-0.05, 0) is 30.3 Å². The van der Waals surface area contributed by atoms with Crippen LogP contribution < -0.4 is 33.2 Å². The van der Waals surface area contributed by atoms with E-state index in [-0.39, 0.29) is 18.0 Å². The fourth-order valence-corrected chi connectivity index (χ4v) is 4.86. The van der Waals surface area contributed by atoms with Gasteiger partial charge in [0.05, 0.1) is 47.5 Å². The highest BCUT2D eigenvalue weighted by Gasteiger charge is 2.40. The monoisotopic (exact) mass is 518 g/mol. The maximum absolute atomic E-state index is 13.4. The van der Waals surface area contributed by atoms with Gasteiger partial charge in [0, 0.05) is 28.7 Å². The van der Waals surface area contributed by atoms with Crippen LogP contribution in [0.15, 0.2) is 48.2 Å². The molecule has 9 nitrogen and oxygen atoms in total. The maximum Gasteiger partial charge on any atom is 0.312 e. The molecule has 0 N–H and O–H groups in total. The normalized spacial score (nSPS) is 16.8. The molecular formula is C29H26O9. The Morgan fingerprint density at radius 3 is 2.18 bits per heavy atom. The van der Waals surface area contributed by atoms with Crippen molar-refractivity contribution in [2.45, 2.75) is 12.3 Å². The molecule has 38 heavy (non-hydrogen) atoms. The fourth-order valence-electron chi connectivity index (χ4n) is 4.86. The van der Waals surface area contributed by atoms with E-state index in [0.717, 1.165) is 0 Å². The summed E-state index contributed by atoms with van der Waals surface area (Å²) in [7, 11) is 7.66. The Hall–Kier alpha value is -4.66. The number of esters is 1. The smallest absolute Gasteiger partial charge is 0.312 e. The lowest BCUT2D eigenvalue weighted by Crippen LogP contribution is -2.22. The molecule has 0 fully saturated rings. The van der Waals surface area contributed by atoms with E-state index in [4.69, 9.17) is 33.2 Å². The first kappa shape index (κ1) is 25.0. The van der Waals surface area contributed by atoms with Crippen LogP contribution in [-0.2, 0) is 4.79 Å². The van der Waals surface area contributed by atoms with Gasteiger partial charge >= 0.3 is 5.97 Å². The first-order chi connectivity index (χ1) is 18.4. The van der Waals surface area contributed by atoms with E-state index in [1.165, 1.54) is 35.5 Å². The predicted molar refractivity (Wildman–Crippen MR) is 137 cm³/mol. The number of Topliss-reactive ketones (excluding diaryl/α,β-unsaturated/α-hetero) is 1. The summed E-state index contributed by atoms with van der Waals surface area (Å²) in [4.78, 5) is 26.0. The number of ether oxygens (including phenoxy) is 7. The van der Waals surface area contributed by atoms with E-state index in [9.17, 15) is 9.59 Å². The van der Waals surface area contributed by atoms with Gasteiger partial charge < -0.3 is 33.2 Å². The molecule has 5 rings (SSSR count). The van der Waals surface area contributed by atoms with Crippen LogP contribution in [0.1, 0.15) is 39.4 Å². The molecule has 196 valence electrons. The number of allylic oxidation sites excluding steroid dienone is 1. The summed E-state index contributed by atoms with van der Waals surface area (Å²) in [6, 6.07) is 12.0. The Morgan fingerprint density at radius 1 is 0.789 bits per heavy atom. The number of rotatable bonds is 7. The molecule has 9 heteroatoms. The summed E-state index contributed by atoms with van der Waals surface area (Å²) in [5.74, 6) is 1.94. The molecule has 0 spiro atoms. The second-order valence-electron chi connectivity index (χ2n) is 8.56. The molecule has 2 aliphatic heterocycles. The van der Waals surface area contributed by atoms with Gasteiger partial charge in [0.25, 0.3) is 0 Å². The van der Waals surface area contributed by atoms with Crippen LogP contribution in [0.25, 0.3) is 6.08 Å². The number of hydrogen-bond acceptors (Lipinski definition) is 9. The third kappa shape index (κ3) is 4.06. The third-order valence-electron chi connectivity index (χ3n) is 6.61. The van der Waals surface area contributed by atoms with Crippen molar-refractivity contribution in [2.24, 2.45) is 0 Å². The molecule has 0 aliphatic carbocycles. The topological polar surface area (TPSA) is 98.8 Å². The molecule has 0 amide bonds. The minimum Gasteiger partial charge on any atom is -0.496 e. The molecule has 0 aromatic heterocycles. The van der Waals surface area contributed by atoms with Gasteiger partial charge in [-0.15, -0.1) is 0 Å². The first-order valence-electron chi connectivity index (χ1n) is 11.8. The predicted octanol–water partition coefficient (Wildman–Crippen LogP) is 4.79. The molecule has 0 saturated heterocycles. The molecule has 0 bridgehead atoms. The van der Waals surface area contributed by atoms with Gasteiger partial charge in [-0.1, -0.05) is 12.1 Å². The second kappa shape index (κ2) is 10.0. The quantitative estimate of drug-likeness (QED) is 0.248. The number of carbonyl (C=O) groups excluding carboxylic acids is 2. The van der Waals surface area contributed by atoms with Gasteiger partial charge in [0.1, 0.15) is 17.2 Å². The van der Waals surface area contributed by atoms with Crippen LogP contribution in [0.2, 0.25) is 0 Å². The Bertz CT molecular complexity index is 1470. The van der Waals surface area contributed by atoms with E-state index < -0.39 is 11.9 Å². The highest BCUT2D eigenvalue weighted by atomic mass is 16.5. The molecule has 1 unspecified atom stereocenters. The number of hydrogen-bond donors (Lipinski definition) is 0. The zero-order valence-electron chi connectivity index (χ0n) is 21.6. The SMILES string of the molecule is COc1cc(OC)c(C2CC(=O)Oc3ccc4c(c32)O/C(=C\c2cccc(OC)c2OC)C4=O)cc1OC. The van der Waals surface area contributed by atoms with Crippen molar-refractivity contribution in [3.8, 4) is 40.2 Å². The Kier molecular flexibility index (Phi) is 6.59. The van der Waals surface area contributed by atoms with Crippen molar-refractivity contribution >= 4 is 17.8 Å². The van der Waals surface area contributed by atoms with E-state index in [2.05, 4.69) is 0 Å². The molecule has 2 heterocycles. The minimum absolute atomic E-state index is 0.00953. The summed E-state index contributed by atoms with van der Waals surface area (Å²) in [6.45, 7) is 0. The lowest BCUT2D eigenvalue weighted by Gasteiger charge is -2.28. The average molecular weight is 519 g/mol. The number of carbonyl (C=O) groups is 2. The van der Waals surface area contributed by atoms with Gasteiger partial charge in [0.15, 0.2) is 28.8 Å². The van der Waals surface area contributed by atoms with Crippen LogP contribution >= 0.6 is 0 Å². The Morgan fingerprint density at radius 2 is 1.50 bits per heavy atom. The lowest BCUT2D eigenvalue weighted by molar-refractivity contribution is -0.135. The molecular weight excluding hydrogens is 492 g/mol. The molecule has 3 aromatic carbocycles. The second-order valence-corrected chi connectivity index (χ2v) is 8.56. The van der Waals surface area contributed by atoms with Gasteiger partial charge in [-0.2, -0.15) is 0 Å². The highest BCUT2D eigenvalue weighted by molar-refractivity contribution is 6.15. The Labute approximate surface area is 219 Å². The van der Waals surface area contributed by atoms with Crippen molar-refractivity contribution in [3.63, 3.8) is 0 Å². The number of para-hydroxylation sites is 1. The summed E-state index contributed by atoms with van der Waals surface area (Å²) < 4.78 is 39.2. The summed E-state index contributed by atoms with van der Waals surface area (Å²) >= 11 is 0. The lowest BCUT2D eigenvalue weighted by atomic mass is 9.84. The van der Waals surface area contributed by atoms with Crippen molar-refractivity contribution in [3.05, 3.63) is 70.5 Å². The van der Waals surface area contributed by atoms with Crippen LogP contribution in [0, 0.1) is 0 Å². The fraction of sp³-hybridized carbons (Fsp3) is 0.241. The van der Waals surface area contributed by atoms with Crippen molar-refractivity contribution in [1.29, 1.82) is 0 Å². The van der Waals surface area contributed by atoms with Gasteiger partial charge in [-0.25, -0.2) is 0 Å². The number of fused-ring (bicyclic) bond motifs is 3. The maximum atomic E-state index is 13.4. The third-order valence-corrected chi connectivity index (χ3v) is 6.61. The zero-order chi connectivity index (χ0) is 27.0. The molecule has 0 saturated carbocycles. The molecule has 0 radical (unpaired) electrons. The van der Waals surface area contributed by atoms with Crippen molar-refractivity contribution < 1.29 is 42.7 Å².